The third-order valence-electron chi connectivity index (χ3n) is 5.98. The van der Waals surface area contributed by atoms with Gasteiger partial charge in [0.2, 0.25) is 0 Å². The Morgan fingerprint density at radius 2 is 1.90 bits per heavy atom. The van der Waals surface area contributed by atoms with E-state index in [9.17, 15) is 4.79 Å². The van der Waals surface area contributed by atoms with Crippen molar-refractivity contribution in [1.29, 1.82) is 0 Å². The maximum Gasteiger partial charge on any atom is 0.251 e. The molecule has 1 aromatic heterocycles. The van der Waals surface area contributed by atoms with Gasteiger partial charge < -0.3 is 19.4 Å². The predicted molar refractivity (Wildman–Crippen MR) is 114 cm³/mol. The molecule has 2 aromatic carbocycles. The van der Waals surface area contributed by atoms with E-state index in [1.54, 1.807) is 26.2 Å². The Kier molecular flexibility index (Phi) is 4.03. The van der Waals surface area contributed by atoms with Crippen molar-refractivity contribution in [2.75, 3.05) is 21.3 Å². The van der Waals surface area contributed by atoms with Crippen molar-refractivity contribution in [3.63, 3.8) is 0 Å². The second kappa shape index (κ2) is 6.49. The van der Waals surface area contributed by atoms with Gasteiger partial charge in [-0.15, -0.1) is 0 Å². The zero-order chi connectivity index (χ0) is 20.3. The zero-order valence-corrected chi connectivity index (χ0v) is 17.2. The Morgan fingerprint density at radius 3 is 2.66 bits per heavy atom. The summed E-state index contributed by atoms with van der Waals surface area (Å²) in [6.07, 6.45) is 0.617. The summed E-state index contributed by atoms with van der Waals surface area (Å²) in [4.78, 5) is 20.2. The molecule has 5 rings (SSSR count). The van der Waals surface area contributed by atoms with Gasteiger partial charge in [-0.1, -0.05) is 30.3 Å². The highest BCUT2D eigenvalue weighted by Crippen LogP contribution is 2.47. The van der Waals surface area contributed by atoms with E-state index in [0.717, 1.165) is 27.7 Å². The molecule has 0 aliphatic carbocycles. The van der Waals surface area contributed by atoms with Crippen LogP contribution in [0.2, 0.25) is 0 Å². The van der Waals surface area contributed by atoms with Crippen LogP contribution in [0.4, 0.5) is 0 Å². The number of likely N-dealkylation sites (N-methyl/N-ethyl adjacent to an activating group) is 1. The molecule has 2 unspecified atom stereocenters. The first-order valence-electron chi connectivity index (χ1n) is 9.47. The number of aromatic amines is 1. The number of rotatable bonds is 3. The number of ether oxygens (including phenoxy) is 2. The van der Waals surface area contributed by atoms with Crippen LogP contribution >= 0.6 is 12.2 Å². The van der Waals surface area contributed by atoms with Gasteiger partial charge in [0.15, 0.2) is 16.6 Å². The Balaban J connectivity index is 1.81. The Morgan fingerprint density at radius 1 is 1.10 bits per heavy atom. The summed E-state index contributed by atoms with van der Waals surface area (Å²) in [5.74, 6) is 1.32. The molecule has 3 heterocycles. The van der Waals surface area contributed by atoms with Gasteiger partial charge in [-0.25, -0.2) is 0 Å². The summed E-state index contributed by atoms with van der Waals surface area (Å²) < 4.78 is 11.3. The highest BCUT2D eigenvalue weighted by atomic mass is 32.1. The van der Waals surface area contributed by atoms with E-state index >= 15 is 0 Å². The average Bonchev–Trinajstić information content (AvgIpc) is 3.22. The molecule has 1 N–H and O–H groups in total. The minimum absolute atomic E-state index is 0.0257. The van der Waals surface area contributed by atoms with E-state index in [2.05, 4.69) is 17.1 Å². The second-order valence-corrected chi connectivity index (χ2v) is 7.72. The smallest absolute Gasteiger partial charge is 0.251 e. The quantitative estimate of drug-likeness (QED) is 0.676. The van der Waals surface area contributed by atoms with E-state index in [1.165, 1.54) is 0 Å². The minimum Gasteiger partial charge on any atom is -0.493 e. The Hall–Kier alpha value is -3.06. The third kappa shape index (κ3) is 2.40. The van der Waals surface area contributed by atoms with Gasteiger partial charge in [-0.05, 0) is 29.9 Å². The van der Waals surface area contributed by atoms with Gasteiger partial charge >= 0.3 is 0 Å². The van der Waals surface area contributed by atoms with Crippen LogP contribution in [0, 0.1) is 0 Å². The SMILES string of the molecule is COc1cccc(C2c3[nH]c4ccccc4c3CC3C(=O)N(C)C(=S)N32)c1OC. The van der Waals surface area contributed by atoms with Gasteiger partial charge in [0.25, 0.3) is 5.91 Å². The summed E-state index contributed by atoms with van der Waals surface area (Å²) >= 11 is 5.69. The highest BCUT2D eigenvalue weighted by molar-refractivity contribution is 7.80. The van der Waals surface area contributed by atoms with Crippen molar-refractivity contribution in [2.45, 2.75) is 18.5 Å². The van der Waals surface area contributed by atoms with Crippen molar-refractivity contribution in [3.05, 3.63) is 59.3 Å². The number of hydrogen-bond donors (Lipinski definition) is 1. The van der Waals surface area contributed by atoms with Crippen molar-refractivity contribution in [2.24, 2.45) is 0 Å². The van der Waals surface area contributed by atoms with E-state index in [1.807, 2.05) is 35.2 Å². The first-order chi connectivity index (χ1) is 14.1. The maximum atomic E-state index is 13.0. The number of carbonyl (C=O) groups is 1. The van der Waals surface area contributed by atoms with E-state index in [4.69, 9.17) is 21.7 Å². The summed E-state index contributed by atoms with van der Waals surface area (Å²) in [6, 6.07) is 13.4. The first kappa shape index (κ1) is 18.0. The number of fused-ring (bicyclic) bond motifs is 4. The molecule has 1 saturated heterocycles. The molecule has 3 aromatic rings. The fraction of sp³-hybridized carbons (Fsp3) is 0.273. The molecule has 6 nitrogen and oxygen atoms in total. The summed E-state index contributed by atoms with van der Waals surface area (Å²) in [6.45, 7) is 0. The van der Waals surface area contributed by atoms with Crippen LogP contribution in [-0.2, 0) is 11.2 Å². The van der Waals surface area contributed by atoms with Gasteiger partial charge in [-0.2, -0.15) is 0 Å². The Bertz CT molecular complexity index is 1160. The molecule has 1 fully saturated rings. The summed E-state index contributed by atoms with van der Waals surface area (Å²) in [5.41, 5.74) is 4.16. The fourth-order valence-electron chi connectivity index (χ4n) is 4.66. The van der Waals surface area contributed by atoms with Crippen LogP contribution in [0.5, 0.6) is 11.5 Å². The molecule has 29 heavy (non-hydrogen) atoms. The number of benzene rings is 2. The topological polar surface area (TPSA) is 57.8 Å². The number of nitrogens with one attached hydrogen (secondary N) is 1. The van der Waals surface area contributed by atoms with Crippen molar-refractivity contribution in [3.8, 4) is 11.5 Å². The van der Waals surface area contributed by atoms with Gasteiger partial charge in [-0.3, -0.25) is 9.69 Å². The van der Waals surface area contributed by atoms with Crippen LogP contribution < -0.4 is 9.47 Å². The summed E-state index contributed by atoms with van der Waals surface area (Å²) in [5, 5.41) is 1.67. The molecule has 2 aliphatic rings. The third-order valence-corrected chi connectivity index (χ3v) is 6.47. The molecular weight excluding hydrogens is 386 g/mol. The zero-order valence-electron chi connectivity index (χ0n) is 16.4. The number of hydrogen-bond acceptors (Lipinski definition) is 4. The van der Waals surface area contributed by atoms with Gasteiger partial charge in [0.05, 0.1) is 14.2 Å². The normalized spacial score (nSPS) is 20.8. The van der Waals surface area contributed by atoms with E-state index in [0.29, 0.717) is 23.0 Å². The monoisotopic (exact) mass is 407 g/mol. The van der Waals surface area contributed by atoms with Crippen LogP contribution in [0.1, 0.15) is 22.9 Å². The molecular formula is C22H21N3O3S. The molecule has 0 spiro atoms. The number of nitrogens with zero attached hydrogens (tertiary/aromatic N) is 2. The van der Waals surface area contributed by atoms with E-state index < -0.39 is 0 Å². The van der Waals surface area contributed by atoms with Crippen molar-refractivity contribution in [1.82, 2.24) is 14.8 Å². The number of carbonyl (C=O) groups excluding carboxylic acids is 1. The Labute approximate surface area is 174 Å². The standard InChI is InChI=1S/C22H21N3O3S/c1-24-21(26)16-11-14-12-7-4-5-9-15(12)23-18(14)19(25(16)22(24)29)13-8-6-10-17(27-2)20(13)28-3/h4-10,16,19,23H,11H2,1-3H3. The number of thiocarbonyl (C=S) groups is 1. The van der Waals surface area contributed by atoms with Crippen LogP contribution in [0.3, 0.4) is 0 Å². The summed E-state index contributed by atoms with van der Waals surface area (Å²) in [7, 11) is 5.00. The molecule has 7 heteroatoms. The number of aromatic nitrogens is 1. The molecule has 2 atom stereocenters. The van der Waals surface area contributed by atoms with Gasteiger partial charge in [0, 0.05) is 35.6 Å². The molecule has 1 amide bonds. The average molecular weight is 407 g/mol. The van der Waals surface area contributed by atoms with Gasteiger partial charge in [0.1, 0.15) is 12.1 Å². The predicted octanol–water partition coefficient (Wildman–Crippen LogP) is 3.26. The molecule has 2 aliphatic heterocycles. The number of methoxy groups -OCH3 is 2. The van der Waals surface area contributed by atoms with Crippen molar-refractivity contribution < 1.29 is 14.3 Å². The molecule has 0 radical (unpaired) electrons. The lowest BCUT2D eigenvalue weighted by Gasteiger charge is -2.38. The number of amides is 1. The number of para-hydroxylation sites is 2. The largest absolute Gasteiger partial charge is 0.493 e. The van der Waals surface area contributed by atoms with Crippen LogP contribution in [-0.4, -0.2) is 53.1 Å². The second-order valence-electron chi connectivity index (χ2n) is 7.36. The number of H-pyrrole nitrogens is 1. The fourth-order valence-corrected chi connectivity index (χ4v) is 4.98. The molecule has 148 valence electrons. The van der Waals surface area contributed by atoms with Crippen LogP contribution in [0.25, 0.3) is 10.9 Å². The first-order valence-corrected chi connectivity index (χ1v) is 9.87. The lowest BCUT2D eigenvalue weighted by molar-refractivity contribution is -0.127. The molecule has 0 saturated carbocycles. The molecule has 0 bridgehead atoms. The highest BCUT2D eigenvalue weighted by Gasteiger charge is 2.50. The maximum absolute atomic E-state index is 13.0. The lowest BCUT2D eigenvalue weighted by Crippen LogP contribution is -2.44. The minimum atomic E-state index is -0.333. The lowest BCUT2D eigenvalue weighted by atomic mass is 9.88. The van der Waals surface area contributed by atoms with Crippen LogP contribution in [0.15, 0.2) is 42.5 Å². The van der Waals surface area contributed by atoms with E-state index in [-0.39, 0.29) is 18.0 Å². The van der Waals surface area contributed by atoms with Crippen molar-refractivity contribution >= 4 is 34.1 Å².